The van der Waals surface area contributed by atoms with Crippen molar-refractivity contribution in [3.63, 3.8) is 0 Å². The highest BCUT2D eigenvalue weighted by atomic mass is 32.1. The second-order valence-corrected chi connectivity index (χ2v) is 6.42. The van der Waals surface area contributed by atoms with Crippen LogP contribution < -0.4 is 0 Å². The van der Waals surface area contributed by atoms with E-state index in [1.807, 2.05) is 22.8 Å². The van der Waals surface area contributed by atoms with Gasteiger partial charge in [-0.15, -0.1) is 0 Å². The van der Waals surface area contributed by atoms with Gasteiger partial charge in [0.25, 0.3) is 0 Å². The Balaban J connectivity index is 2.02. The molecule has 0 saturated heterocycles. The summed E-state index contributed by atoms with van der Waals surface area (Å²) in [6.45, 7) is 4.92. The number of pyridine rings is 1. The smallest absolute Gasteiger partial charge is 0.195 e. The van der Waals surface area contributed by atoms with Gasteiger partial charge in [0.05, 0.1) is 11.2 Å². The summed E-state index contributed by atoms with van der Waals surface area (Å²) in [5, 5.41) is 8.46. The van der Waals surface area contributed by atoms with Crippen LogP contribution in [0, 0.1) is 11.7 Å². The Kier molecular flexibility index (Phi) is 3.93. The third-order valence-electron chi connectivity index (χ3n) is 4.38. The van der Waals surface area contributed by atoms with E-state index in [2.05, 4.69) is 60.4 Å². The first-order valence-electron chi connectivity index (χ1n) is 8.30. The zero-order valence-corrected chi connectivity index (χ0v) is 15.0. The monoisotopic (exact) mass is 346 g/mol. The molecule has 4 rings (SSSR count). The van der Waals surface area contributed by atoms with Crippen molar-refractivity contribution in [3.8, 4) is 22.6 Å². The molecule has 0 aliphatic heterocycles. The summed E-state index contributed by atoms with van der Waals surface area (Å²) in [7, 11) is 0. The average Bonchev–Trinajstić information content (AvgIpc) is 3.02. The van der Waals surface area contributed by atoms with Crippen LogP contribution in [0.2, 0.25) is 0 Å². The molecule has 25 heavy (non-hydrogen) atoms. The standard InChI is InChI=1S/C20H18N4S/c1-3-24-19(22-23-20(24)25)16-12-18(14-10-8-13(2)9-11-14)21-17-7-5-4-6-15(16)17/h4-12H,3H2,1-2H3,(H,23,25). The molecule has 4 aromatic rings. The van der Waals surface area contributed by atoms with E-state index in [9.17, 15) is 0 Å². The molecule has 0 unspecified atom stereocenters. The molecule has 0 aliphatic rings. The number of aromatic nitrogens is 4. The summed E-state index contributed by atoms with van der Waals surface area (Å²) in [5.41, 5.74) is 5.25. The molecule has 0 aliphatic carbocycles. The van der Waals surface area contributed by atoms with Crippen molar-refractivity contribution in [2.24, 2.45) is 0 Å². The van der Waals surface area contributed by atoms with E-state index >= 15 is 0 Å². The number of H-pyrrole nitrogens is 1. The van der Waals surface area contributed by atoms with Gasteiger partial charge in [-0.05, 0) is 38.2 Å². The third kappa shape index (κ3) is 2.76. The van der Waals surface area contributed by atoms with Gasteiger partial charge in [-0.25, -0.2) is 4.98 Å². The van der Waals surface area contributed by atoms with Crippen molar-refractivity contribution < 1.29 is 0 Å². The number of aryl methyl sites for hydroxylation is 1. The van der Waals surface area contributed by atoms with Gasteiger partial charge in [0, 0.05) is 23.1 Å². The van der Waals surface area contributed by atoms with Gasteiger partial charge in [0.1, 0.15) is 0 Å². The zero-order valence-electron chi connectivity index (χ0n) is 14.2. The molecule has 0 radical (unpaired) electrons. The van der Waals surface area contributed by atoms with E-state index < -0.39 is 0 Å². The lowest BCUT2D eigenvalue weighted by Crippen LogP contribution is -1.99. The molecule has 4 nitrogen and oxygen atoms in total. The second-order valence-electron chi connectivity index (χ2n) is 6.03. The van der Waals surface area contributed by atoms with Crippen molar-refractivity contribution in [2.75, 3.05) is 0 Å². The van der Waals surface area contributed by atoms with E-state index in [1.165, 1.54) is 5.56 Å². The minimum Gasteiger partial charge on any atom is -0.300 e. The highest BCUT2D eigenvalue weighted by molar-refractivity contribution is 7.71. The quantitative estimate of drug-likeness (QED) is 0.522. The fraction of sp³-hybridized carbons (Fsp3) is 0.150. The van der Waals surface area contributed by atoms with Crippen LogP contribution in [0.4, 0.5) is 0 Å². The fourth-order valence-corrected chi connectivity index (χ4v) is 3.31. The number of rotatable bonds is 3. The van der Waals surface area contributed by atoms with Crippen molar-refractivity contribution in [3.05, 3.63) is 64.9 Å². The first-order chi connectivity index (χ1) is 12.2. The van der Waals surface area contributed by atoms with Gasteiger partial charge in [0.2, 0.25) is 0 Å². The number of hydrogen-bond acceptors (Lipinski definition) is 3. The number of benzene rings is 2. The zero-order chi connectivity index (χ0) is 17.4. The van der Waals surface area contributed by atoms with E-state index in [0.717, 1.165) is 40.1 Å². The first-order valence-corrected chi connectivity index (χ1v) is 8.70. The maximum absolute atomic E-state index is 5.36. The van der Waals surface area contributed by atoms with E-state index in [0.29, 0.717) is 4.77 Å². The molecule has 2 aromatic heterocycles. The third-order valence-corrected chi connectivity index (χ3v) is 4.69. The molecule has 0 spiro atoms. The van der Waals surface area contributed by atoms with E-state index in [4.69, 9.17) is 17.2 Å². The summed E-state index contributed by atoms with van der Waals surface area (Å²) < 4.78 is 2.64. The molecule has 1 N–H and O–H groups in total. The summed E-state index contributed by atoms with van der Waals surface area (Å²) in [6.07, 6.45) is 0. The minimum atomic E-state index is 0.635. The number of nitrogens with one attached hydrogen (secondary N) is 1. The minimum absolute atomic E-state index is 0.635. The molecule has 2 aromatic carbocycles. The summed E-state index contributed by atoms with van der Waals surface area (Å²) >= 11 is 5.36. The molecule has 0 atom stereocenters. The van der Waals surface area contributed by atoms with Crippen LogP contribution in [0.25, 0.3) is 33.5 Å². The van der Waals surface area contributed by atoms with Crippen molar-refractivity contribution in [1.29, 1.82) is 0 Å². The van der Waals surface area contributed by atoms with Crippen molar-refractivity contribution in [2.45, 2.75) is 20.4 Å². The lowest BCUT2D eigenvalue weighted by Gasteiger charge is -2.10. The lowest BCUT2D eigenvalue weighted by atomic mass is 10.0. The predicted octanol–water partition coefficient (Wildman–Crippen LogP) is 5.15. The fourth-order valence-electron chi connectivity index (χ4n) is 3.05. The van der Waals surface area contributed by atoms with Crippen LogP contribution in [-0.2, 0) is 6.54 Å². The summed E-state index contributed by atoms with van der Waals surface area (Å²) in [6, 6.07) is 18.7. The van der Waals surface area contributed by atoms with Crippen LogP contribution in [0.3, 0.4) is 0 Å². The van der Waals surface area contributed by atoms with E-state index in [-0.39, 0.29) is 0 Å². The second kappa shape index (κ2) is 6.26. The molecule has 0 fully saturated rings. The molecular weight excluding hydrogens is 328 g/mol. The Bertz CT molecular complexity index is 1110. The normalized spacial score (nSPS) is 11.1. The van der Waals surface area contributed by atoms with Gasteiger partial charge < -0.3 is 4.57 Å². The van der Waals surface area contributed by atoms with Gasteiger partial charge >= 0.3 is 0 Å². The van der Waals surface area contributed by atoms with Crippen LogP contribution in [0.1, 0.15) is 12.5 Å². The van der Waals surface area contributed by atoms with Gasteiger partial charge in [-0.3, -0.25) is 5.10 Å². The van der Waals surface area contributed by atoms with Crippen LogP contribution >= 0.6 is 12.2 Å². The SMILES string of the molecule is CCn1c(-c2cc(-c3ccc(C)cc3)nc3ccccc23)n[nH]c1=S. The number of aromatic amines is 1. The Morgan fingerprint density at radius 2 is 1.84 bits per heavy atom. The van der Waals surface area contributed by atoms with Gasteiger partial charge in [0.15, 0.2) is 10.6 Å². The Hall–Kier alpha value is -2.79. The number of nitrogens with zero attached hydrogens (tertiary/aromatic N) is 3. The molecule has 5 heteroatoms. The molecule has 2 heterocycles. The Morgan fingerprint density at radius 1 is 1.08 bits per heavy atom. The highest BCUT2D eigenvalue weighted by Crippen LogP contribution is 2.31. The largest absolute Gasteiger partial charge is 0.300 e. The van der Waals surface area contributed by atoms with E-state index in [1.54, 1.807) is 0 Å². The van der Waals surface area contributed by atoms with Crippen LogP contribution in [0.15, 0.2) is 54.6 Å². The Morgan fingerprint density at radius 3 is 2.60 bits per heavy atom. The first kappa shape index (κ1) is 15.7. The van der Waals surface area contributed by atoms with Crippen LogP contribution in [0.5, 0.6) is 0 Å². The average molecular weight is 346 g/mol. The maximum Gasteiger partial charge on any atom is 0.195 e. The Labute approximate surface area is 151 Å². The molecule has 124 valence electrons. The molecule has 0 bridgehead atoms. The predicted molar refractivity (Wildman–Crippen MR) is 104 cm³/mol. The summed E-state index contributed by atoms with van der Waals surface area (Å²) in [5.74, 6) is 0.847. The van der Waals surface area contributed by atoms with Gasteiger partial charge in [-0.1, -0.05) is 48.0 Å². The molecule has 0 amide bonds. The van der Waals surface area contributed by atoms with Crippen molar-refractivity contribution >= 4 is 23.1 Å². The summed E-state index contributed by atoms with van der Waals surface area (Å²) in [4.78, 5) is 4.85. The highest BCUT2D eigenvalue weighted by Gasteiger charge is 2.14. The topological polar surface area (TPSA) is 46.5 Å². The number of fused-ring (bicyclic) bond motifs is 1. The van der Waals surface area contributed by atoms with Crippen LogP contribution in [-0.4, -0.2) is 19.7 Å². The van der Waals surface area contributed by atoms with Crippen molar-refractivity contribution in [1.82, 2.24) is 19.7 Å². The lowest BCUT2D eigenvalue weighted by molar-refractivity contribution is 0.756. The number of hydrogen-bond donors (Lipinski definition) is 1. The maximum atomic E-state index is 5.36. The molecule has 0 saturated carbocycles. The molecular formula is C20H18N4S. The van der Waals surface area contributed by atoms with Gasteiger partial charge in [-0.2, -0.15) is 5.10 Å². The number of para-hydroxylation sites is 1.